The third kappa shape index (κ3) is 5.12. The molecule has 4 rings (SSSR count). The summed E-state index contributed by atoms with van der Waals surface area (Å²) in [4.78, 5) is 32.7. The Morgan fingerprint density at radius 3 is 2.29 bits per heavy atom. The lowest BCUT2D eigenvalue weighted by Gasteiger charge is -2.52. The Morgan fingerprint density at radius 1 is 1.09 bits per heavy atom. The van der Waals surface area contributed by atoms with Crippen molar-refractivity contribution in [1.29, 1.82) is 0 Å². The molecule has 2 saturated carbocycles. The molecule has 2 N–H and O–H groups in total. The van der Waals surface area contributed by atoms with Crippen molar-refractivity contribution in [3.63, 3.8) is 0 Å². The fraction of sp³-hybridized carbons (Fsp3) is 0.704. The molecule has 1 aliphatic heterocycles. The lowest BCUT2D eigenvalue weighted by molar-refractivity contribution is -0.140. The minimum absolute atomic E-state index is 0.0173. The molecule has 0 aromatic heterocycles. The molecule has 2 aliphatic carbocycles. The summed E-state index contributed by atoms with van der Waals surface area (Å²) in [5, 5.41) is 14.0. The number of hydrogen-bond acceptors (Lipinski definition) is 6. The second kappa shape index (κ2) is 10.5. The van der Waals surface area contributed by atoms with Gasteiger partial charge >= 0.3 is 0 Å². The molecule has 0 radical (unpaired) electrons. The highest BCUT2D eigenvalue weighted by Crippen LogP contribution is 2.50. The van der Waals surface area contributed by atoms with Gasteiger partial charge in [-0.2, -0.15) is 0 Å². The van der Waals surface area contributed by atoms with Gasteiger partial charge in [0.25, 0.3) is 0 Å². The van der Waals surface area contributed by atoms with Crippen LogP contribution in [-0.2, 0) is 15.1 Å². The fourth-order valence-electron chi connectivity index (χ4n) is 6.37. The summed E-state index contributed by atoms with van der Waals surface area (Å²) in [5.74, 6) is 0.290. The maximum absolute atomic E-state index is 12.9. The van der Waals surface area contributed by atoms with Gasteiger partial charge in [0.05, 0.1) is 13.1 Å². The molecule has 1 saturated heterocycles. The van der Waals surface area contributed by atoms with Crippen LogP contribution in [0.4, 0.5) is 0 Å². The predicted octanol–water partition coefficient (Wildman–Crippen LogP) is 1.65. The molecule has 3 fully saturated rings. The van der Waals surface area contributed by atoms with Gasteiger partial charge in [-0.1, -0.05) is 36.8 Å². The number of aliphatic hydroxyl groups is 1. The first-order valence-electron chi connectivity index (χ1n) is 13.1. The summed E-state index contributed by atoms with van der Waals surface area (Å²) in [6.07, 6.45) is 6.91. The molecule has 1 heterocycles. The predicted molar refractivity (Wildman–Crippen MR) is 136 cm³/mol. The molecular formula is C27H43N5O3. The van der Waals surface area contributed by atoms with E-state index in [2.05, 4.69) is 59.5 Å². The van der Waals surface area contributed by atoms with E-state index in [0.717, 1.165) is 32.2 Å². The van der Waals surface area contributed by atoms with E-state index >= 15 is 0 Å². The first-order valence-corrected chi connectivity index (χ1v) is 13.1. The summed E-state index contributed by atoms with van der Waals surface area (Å²) >= 11 is 0. The number of amides is 2. The van der Waals surface area contributed by atoms with E-state index in [9.17, 15) is 14.7 Å². The zero-order valence-electron chi connectivity index (χ0n) is 21.9. The zero-order valence-corrected chi connectivity index (χ0v) is 21.9. The molecule has 8 heteroatoms. The maximum atomic E-state index is 12.9. The highest BCUT2D eigenvalue weighted by Gasteiger charge is 2.55. The number of aliphatic hydroxyl groups excluding tert-OH is 1. The van der Waals surface area contributed by atoms with Crippen LogP contribution < -0.4 is 5.32 Å². The molecule has 1 aromatic rings. The van der Waals surface area contributed by atoms with E-state index in [-0.39, 0.29) is 36.0 Å². The van der Waals surface area contributed by atoms with Gasteiger partial charge in [0.1, 0.15) is 0 Å². The Kier molecular flexibility index (Phi) is 7.86. The monoisotopic (exact) mass is 485 g/mol. The molecule has 35 heavy (non-hydrogen) atoms. The van der Waals surface area contributed by atoms with Crippen LogP contribution in [0.1, 0.15) is 50.5 Å². The number of carbonyl (C=O) groups excluding carboxylic acids is 2. The van der Waals surface area contributed by atoms with E-state index in [4.69, 9.17) is 0 Å². The second-order valence-electron chi connectivity index (χ2n) is 11.1. The smallest absolute Gasteiger partial charge is 0.239 e. The third-order valence-electron chi connectivity index (χ3n) is 8.99. The number of nitrogens with zero attached hydrogens (tertiary/aromatic N) is 4. The SMILES string of the molecule is CNC(=O)CN(C)C(=O)CN1CC2(CCC(c3ccccc3)(N(C)C)CC2)N(CC2CCC2)C1O. The van der Waals surface area contributed by atoms with Crippen LogP contribution in [0.25, 0.3) is 0 Å². The van der Waals surface area contributed by atoms with Crippen molar-refractivity contribution in [2.45, 2.75) is 62.4 Å². The number of carbonyl (C=O) groups is 2. The van der Waals surface area contributed by atoms with Crippen LogP contribution >= 0.6 is 0 Å². The lowest BCUT2D eigenvalue weighted by atomic mass is 9.68. The van der Waals surface area contributed by atoms with Crippen molar-refractivity contribution in [3.8, 4) is 0 Å². The van der Waals surface area contributed by atoms with Crippen molar-refractivity contribution in [3.05, 3.63) is 35.9 Å². The molecule has 1 unspecified atom stereocenters. The molecule has 1 atom stereocenters. The highest BCUT2D eigenvalue weighted by molar-refractivity contribution is 5.85. The molecule has 1 aromatic carbocycles. The third-order valence-corrected chi connectivity index (χ3v) is 8.99. The van der Waals surface area contributed by atoms with Crippen molar-refractivity contribution >= 4 is 11.8 Å². The van der Waals surface area contributed by atoms with E-state index in [1.54, 1.807) is 14.1 Å². The van der Waals surface area contributed by atoms with Crippen molar-refractivity contribution < 1.29 is 14.7 Å². The normalized spacial score (nSPS) is 29.9. The van der Waals surface area contributed by atoms with Gasteiger partial charge in [0, 0.05) is 38.3 Å². The second-order valence-corrected chi connectivity index (χ2v) is 11.1. The molecule has 2 amide bonds. The summed E-state index contributed by atoms with van der Waals surface area (Å²) in [7, 11) is 7.56. The number of nitrogens with one attached hydrogen (secondary N) is 1. The molecule has 194 valence electrons. The Hall–Kier alpha value is -2.00. The van der Waals surface area contributed by atoms with Gasteiger partial charge in [-0.25, -0.2) is 0 Å². The zero-order chi connectivity index (χ0) is 25.2. The first-order chi connectivity index (χ1) is 16.7. The van der Waals surface area contributed by atoms with Crippen molar-refractivity contribution in [1.82, 2.24) is 24.9 Å². The van der Waals surface area contributed by atoms with Crippen LogP contribution in [-0.4, -0.2) is 103 Å². The summed E-state index contributed by atoms with van der Waals surface area (Å²) in [6, 6.07) is 10.8. The molecule has 0 bridgehead atoms. The minimum atomic E-state index is -0.767. The van der Waals surface area contributed by atoms with Crippen LogP contribution in [0.15, 0.2) is 30.3 Å². The summed E-state index contributed by atoms with van der Waals surface area (Å²) in [5.41, 5.74) is 1.20. The lowest BCUT2D eigenvalue weighted by Crippen LogP contribution is -2.57. The quantitative estimate of drug-likeness (QED) is 0.583. The summed E-state index contributed by atoms with van der Waals surface area (Å²) < 4.78 is 0. The molecular weight excluding hydrogens is 442 g/mol. The molecule has 3 aliphatic rings. The van der Waals surface area contributed by atoms with Gasteiger partial charge in [0.2, 0.25) is 11.8 Å². The van der Waals surface area contributed by atoms with E-state index in [1.165, 1.54) is 29.7 Å². The van der Waals surface area contributed by atoms with Gasteiger partial charge < -0.3 is 15.3 Å². The number of likely N-dealkylation sites (N-methyl/N-ethyl adjacent to an activating group) is 2. The Labute approximate surface area is 210 Å². The first kappa shape index (κ1) is 26.1. The number of benzene rings is 1. The maximum Gasteiger partial charge on any atom is 0.239 e. The van der Waals surface area contributed by atoms with Gasteiger partial charge in [-0.05, 0) is 64.1 Å². The Bertz CT molecular complexity index is 880. The highest BCUT2D eigenvalue weighted by atomic mass is 16.3. The van der Waals surface area contributed by atoms with Crippen LogP contribution in [0.3, 0.4) is 0 Å². The Morgan fingerprint density at radius 2 is 1.74 bits per heavy atom. The molecule has 1 spiro atoms. The number of rotatable bonds is 8. The van der Waals surface area contributed by atoms with E-state index < -0.39 is 6.35 Å². The van der Waals surface area contributed by atoms with Gasteiger partial charge in [0.15, 0.2) is 6.35 Å². The summed E-state index contributed by atoms with van der Waals surface area (Å²) in [6.45, 7) is 1.71. The van der Waals surface area contributed by atoms with Gasteiger partial charge in [-0.15, -0.1) is 0 Å². The van der Waals surface area contributed by atoms with Crippen molar-refractivity contribution in [2.75, 3.05) is 54.4 Å². The van der Waals surface area contributed by atoms with Crippen LogP contribution in [0.2, 0.25) is 0 Å². The largest absolute Gasteiger partial charge is 0.365 e. The van der Waals surface area contributed by atoms with Gasteiger partial charge in [-0.3, -0.25) is 24.3 Å². The van der Waals surface area contributed by atoms with Crippen molar-refractivity contribution in [2.24, 2.45) is 5.92 Å². The Balaban J connectivity index is 1.52. The fourth-order valence-corrected chi connectivity index (χ4v) is 6.37. The standard InChI is InChI=1S/C27H43N5O3/c1-28-23(33)18-30(4)24(34)19-31-20-26(32(25(31)35)17-21-9-8-10-21)13-15-27(16-14-26,29(2)3)22-11-6-5-7-12-22/h5-7,11-12,21,25,35H,8-10,13-20H2,1-4H3,(H,28,33). The topological polar surface area (TPSA) is 79.4 Å². The average molecular weight is 486 g/mol. The average Bonchev–Trinajstić information content (AvgIpc) is 3.07. The van der Waals surface area contributed by atoms with Crippen LogP contribution in [0, 0.1) is 5.92 Å². The minimum Gasteiger partial charge on any atom is -0.365 e. The number of hydrogen-bond donors (Lipinski definition) is 2. The van der Waals surface area contributed by atoms with Crippen LogP contribution in [0.5, 0.6) is 0 Å². The molecule has 8 nitrogen and oxygen atoms in total. The van der Waals surface area contributed by atoms with E-state index in [1.807, 2.05) is 4.90 Å². The van der Waals surface area contributed by atoms with E-state index in [0.29, 0.717) is 12.5 Å².